The Morgan fingerprint density at radius 2 is 1.68 bits per heavy atom. The van der Waals surface area contributed by atoms with Crippen LogP contribution in [0.25, 0.3) is 0 Å². The smallest absolute Gasteiger partial charge is 0.371 e. The molecular weight excluding hydrogens is 253 g/mol. The van der Waals surface area contributed by atoms with E-state index in [4.69, 9.17) is 5.73 Å². The first-order valence-electron chi connectivity index (χ1n) is 6.67. The van der Waals surface area contributed by atoms with E-state index in [0.717, 1.165) is 37.7 Å². The van der Waals surface area contributed by atoms with Gasteiger partial charge in [-0.05, 0) is 36.6 Å². The van der Waals surface area contributed by atoms with E-state index in [-0.39, 0.29) is 6.54 Å². The van der Waals surface area contributed by atoms with Crippen LogP contribution in [0.2, 0.25) is 0 Å². The molecule has 0 atom stereocenters. The van der Waals surface area contributed by atoms with E-state index in [2.05, 4.69) is 4.90 Å². The number of rotatable bonds is 2. The Kier molecular flexibility index (Phi) is 4.34. The van der Waals surface area contributed by atoms with Crippen LogP contribution in [0.5, 0.6) is 0 Å². The van der Waals surface area contributed by atoms with Crippen molar-refractivity contribution in [3.8, 4) is 0 Å². The topological polar surface area (TPSA) is 29.3 Å². The molecule has 0 unspecified atom stereocenters. The summed E-state index contributed by atoms with van der Waals surface area (Å²) >= 11 is 0. The Labute approximate surface area is 111 Å². The molecule has 106 valence electrons. The lowest BCUT2D eigenvalue weighted by Crippen LogP contribution is -2.26. The van der Waals surface area contributed by atoms with Crippen molar-refractivity contribution in [2.75, 3.05) is 18.0 Å². The molecule has 2 nitrogen and oxygen atoms in total. The molecule has 5 heteroatoms. The maximum Gasteiger partial charge on any atom is 0.416 e. The predicted molar refractivity (Wildman–Crippen MR) is 70.0 cm³/mol. The highest BCUT2D eigenvalue weighted by atomic mass is 19.4. The zero-order valence-electron chi connectivity index (χ0n) is 10.8. The van der Waals surface area contributed by atoms with E-state index >= 15 is 0 Å². The zero-order valence-corrected chi connectivity index (χ0v) is 10.8. The van der Waals surface area contributed by atoms with Gasteiger partial charge in [0, 0.05) is 25.3 Å². The van der Waals surface area contributed by atoms with Crippen LogP contribution in [0.15, 0.2) is 18.2 Å². The van der Waals surface area contributed by atoms with E-state index in [0.29, 0.717) is 5.56 Å². The third kappa shape index (κ3) is 3.41. The van der Waals surface area contributed by atoms with Crippen LogP contribution in [-0.2, 0) is 12.7 Å². The molecule has 0 bridgehead atoms. The van der Waals surface area contributed by atoms with Crippen molar-refractivity contribution in [3.05, 3.63) is 29.3 Å². The van der Waals surface area contributed by atoms with Gasteiger partial charge in [-0.3, -0.25) is 0 Å². The monoisotopic (exact) mass is 272 g/mol. The van der Waals surface area contributed by atoms with E-state index in [1.165, 1.54) is 18.9 Å². The molecule has 2 N–H and O–H groups in total. The number of benzene rings is 1. The van der Waals surface area contributed by atoms with Crippen LogP contribution in [0.1, 0.15) is 36.8 Å². The number of halogens is 3. The molecule has 1 aromatic carbocycles. The summed E-state index contributed by atoms with van der Waals surface area (Å²) in [6.07, 6.45) is 0.251. The lowest BCUT2D eigenvalue weighted by molar-refractivity contribution is -0.137. The Morgan fingerprint density at radius 1 is 1.05 bits per heavy atom. The fourth-order valence-electron chi connectivity index (χ4n) is 2.55. The van der Waals surface area contributed by atoms with Crippen LogP contribution in [0.4, 0.5) is 18.9 Å². The summed E-state index contributed by atoms with van der Waals surface area (Å²) in [6.45, 7) is 1.94. The molecule has 1 aliphatic rings. The van der Waals surface area contributed by atoms with Crippen LogP contribution in [0.3, 0.4) is 0 Å². The predicted octanol–water partition coefficient (Wildman–Crippen LogP) is 3.54. The first kappa shape index (κ1) is 14.2. The van der Waals surface area contributed by atoms with Crippen LogP contribution < -0.4 is 10.6 Å². The average molecular weight is 272 g/mol. The molecule has 1 aliphatic heterocycles. The average Bonchev–Trinajstić information content (AvgIpc) is 2.65. The third-order valence-electron chi connectivity index (χ3n) is 3.57. The Bertz CT molecular complexity index is 421. The van der Waals surface area contributed by atoms with Gasteiger partial charge in [-0.15, -0.1) is 0 Å². The van der Waals surface area contributed by atoms with Gasteiger partial charge in [0.2, 0.25) is 0 Å². The van der Waals surface area contributed by atoms with Gasteiger partial charge in [-0.1, -0.05) is 12.8 Å². The van der Waals surface area contributed by atoms with Crippen LogP contribution >= 0.6 is 0 Å². The zero-order chi connectivity index (χ0) is 13.9. The maximum absolute atomic E-state index is 12.7. The van der Waals surface area contributed by atoms with Gasteiger partial charge in [-0.2, -0.15) is 13.2 Å². The van der Waals surface area contributed by atoms with Gasteiger partial charge in [0.25, 0.3) is 0 Å². The normalized spacial score (nSPS) is 17.4. The van der Waals surface area contributed by atoms with Crippen molar-refractivity contribution in [1.82, 2.24) is 0 Å². The van der Waals surface area contributed by atoms with E-state index < -0.39 is 11.7 Å². The molecule has 1 aromatic rings. The second-order valence-corrected chi connectivity index (χ2v) is 4.95. The Hall–Kier alpha value is -1.23. The molecule has 1 heterocycles. The molecule has 0 amide bonds. The summed E-state index contributed by atoms with van der Waals surface area (Å²) in [5, 5.41) is 0. The van der Waals surface area contributed by atoms with Crippen molar-refractivity contribution in [2.24, 2.45) is 5.73 Å². The third-order valence-corrected chi connectivity index (χ3v) is 3.57. The molecule has 0 aromatic heterocycles. The number of alkyl halides is 3. The largest absolute Gasteiger partial charge is 0.416 e. The summed E-state index contributed by atoms with van der Waals surface area (Å²) in [5.41, 5.74) is 6.43. The van der Waals surface area contributed by atoms with Crippen LogP contribution in [0, 0.1) is 0 Å². The fraction of sp³-hybridized carbons (Fsp3) is 0.571. The van der Waals surface area contributed by atoms with E-state index in [1.807, 2.05) is 0 Å². The van der Waals surface area contributed by atoms with Crippen molar-refractivity contribution in [2.45, 2.75) is 38.4 Å². The van der Waals surface area contributed by atoms with Crippen molar-refractivity contribution < 1.29 is 13.2 Å². The SMILES string of the molecule is NCc1cc(C(F)(F)F)ccc1N1CCCCCC1. The Balaban J connectivity index is 2.29. The molecule has 0 aliphatic carbocycles. The van der Waals surface area contributed by atoms with Crippen molar-refractivity contribution >= 4 is 5.69 Å². The molecular formula is C14H19F3N2. The van der Waals surface area contributed by atoms with E-state index in [9.17, 15) is 13.2 Å². The minimum absolute atomic E-state index is 0.135. The Morgan fingerprint density at radius 3 is 2.21 bits per heavy atom. The highest BCUT2D eigenvalue weighted by Crippen LogP contribution is 2.33. The van der Waals surface area contributed by atoms with Gasteiger partial charge in [0.05, 0.1) is 5.56 Å². The molecule has 1 fully saturated rings. The number of anilines is 1. The van der Waals surface area contributed by atoms with Gasteiger partial charge in [0.15, 0.2) is 0 Å². The molecule has 2 rings (SSSR count). The van der Waals surface area contributed by atoms with Crippen molar-refractivity contribution in [3.63, 3.8) is 0 Å². The van der Waals surface area contributed by atoms with Gasteiger partial charge >= 0.3 is 6.18 Å². The quantitative estimate of drug-likeness (QED) is 0.892. The molecule has 1 saturated heterocycles. The minimum Gasteiger partial charge on any atom is -0.371 e. The molecule has 0 radical (unpaired) electrons. The van der Waals surface area contributed by atoms with Gasteiger partial charge in [-0.25, -0.2) is 0 Å². The summed E-state index contributed by atoms with van der Waals surface area (Å²) in [5.74, 6) is 0. The standard InChI is InChI=1S/C14H19F3N2/c15-14(16,17)12-5-6-13(11(9-12)10-18)19-7-3-1-2-4-8-19/h5-6,9H,1-4,7-8,10,18H2. The first-order chi connectivity index (χ1) is 9.02. The highest BCUT2D eigenvalue weighted by molar-refractivity contribution is 5.55. The molecule has 0 saturated carbocycles. The lowest BCUT2D eigenvalue weighted by Gasteiger charge is -2.26. The van der Waals surface area contributed by atoms with Gasteiger partial charge < -0.3 is 10.6 Å². The maximum atomic E-state index is 12.7. The minimum atomic E-state index is -4.30. The number of nitrogens with two attached hydrogens (primary N) is 1. The highest BCUT2D eigenvalue weighted by Gasteiger charge is 2.31. The number of hydrogen-bond acceptors (Lipinski definition) is 2. The second-order valence-electron chi connectivity index (χ2n) is 4.95. The van der Waals surface area contributed by atoms with Gasteiger partial charge in [0.1, 0.15) is 0 Å². The number of hydrogen-bond donors (Lipinski definition) is 1. The fourth-order valence-corrected chi connectivity index (χ4v) is 2.55. The van der Waals surface area contributed by atoms with Crippen LogP contribution in [-0.4, -0.2) is 13.1 Å². The first-order valence-corrected chi connectivity index (χ1v) is 6.67. The van der Waals surface area contributed by atoms with Crippen molar-refractivity contribution in [1.29, 1.82) is 0 Å². The molecule has 19 heavy (non-hydrogen) atoms. The second kappa shape index (κ2) is 5.82. The summed E-state index contributed by atoms with van der Waals surface area (Å²) in [7, 11) is 0. The van der Waals surface area contributed by atoms with E-state index in [1.54, 1.807) is 6.07 Å². The summed E-state index contributed by atoms with van der Waals surface area (Å²) in [6, 6.07) is 3.90. The number of nitrogens with zero attached hydrogens (tertiary/aromatic N) is 1. The molecule has 0 spiro atoms. The lowest BCUT2D eigenvalue weighted by atomic mass is 10.1. The summed E-state index contributed by atoms with van der Waals surface area (Å²) < 4.78 is 38.1. The summed E-state index contributed by atoms with van der Waals surface area (Å²) in [4.78, 5) is 2.16.